The zero-order valence-electron chi connectivity index (χ0n) is 4.55. The van der Waals surface area contributed by atoms with Gasteiger partial charge in [0.1, 0.15) is 0 Å². The van der Waals surface area contributed by atoms with E-state index in [2.05, 4.69) is 0 Å². The first-order valence-corrected chi connectivity index (χ1v) is 3.45. The lowest BCUT2D eigenvalue weighted by atomic mass is 10.4. The second kappa shape index (κ2) is 3.16. The highest BCUT2D eigenvalue weighted by Gasteiger charge is 2.01. The summed E-state index contributed by atoms with van der Waals surface area (Å²) < 4.78 is 18.3. The van der Waals surface area contributed by atoms with Gasteiger partial charge in [-0.05, 0) is 13.3 Å². The molecule has 0 heterocycles. The minimum atomic E-state index is -1.61. The third-order valence-corrected chi connectivity index (χ3v) is 1.94. The molecule has 0 aliphatic carbocycles. The largest absolute Gasteiger partial charge is 0.306 e. The molecule has 3 heteroatoms. The second-order valence-corrected chi connectivity index (χ2v) is 2.85. The molecule has 2 atom stereocenters. The molecule has 0 saturated carbocycles. The van der Waals surface area contributed by atoms with Gasteiger partial charge < -0.3 is 4.55 Å². The molecule has 1 unspecified atom stereocenters. The number of hydrogen-bond donors (Lipinski definition) is 1. The fourth-order valence-electron chi connectivity index (χ4n) is 0.143. The Bertz CT molecular complexity index is 72.1. The van der Waals surface area contributed by atoms with Crippen LogP contribution in [-0.4, -0.2) is 14.0 Å². The molecule has 0 aromatic carbocycles. The van der Waals surface area contributed by atoms with Crippen LogP contribution >= 0.6 is 0 Å². The van der Waals surface area contributed by atoms with Gasteiger partial charge in [-0.1, -0.05) is 6.92 Å². The molecule has 0 saturated heterocycles. The van der Waals surface area contributed by atoms with E-state index >= 15 is 0 Å². The van der Waals surface area contributed by atoms with E-state index in [-0.39, 0.29) is 5.25 Å². The summed E-state index contributed by atoms with van der Waals surface area (Å²) in [4.78, 5) is 0. The third-order valence-electron chi connectivity index (χ3n) is 0.919. The van der Waals surface area contributed by atoms with E-state index in [9.17, 15) is 4.21 Å². The fourth-order valence-corrected chi connectivity index (χ4v) is 0.428. The molecule has 0 rings (SSSR count). The van der Waals surface area contributed by atoms with Crippen molar-refractivity contribution in [3.63, 3.8) is 0 Å². The average Bonchev–Trinajstić information content (AvgIpc) is 1.65. The lowest BCUT2D eigenvalue weighted by Crippen LogP contribution is -2.06. The van der Waals surface area contributed by atoms with Gasteiger partial charge in [-0.15, -0.1) is 0 Å². The van der Waals surface area contributed by atoms with E-state index in [1.165, 1.54) is 0 Å². The van der Waals surface area contributed by atoms with Crippen molar-refractivity contribution in [3.05, 3.63) is 0 Å². The summed E-state index contributed by atoms with van der Waals surface area (Å²) in [5.41, 5.74) is 0. The Morgan fingerprint density at radius 2 is 2.29 bits per heavy atom. The van der Waals surface area contributed by atoms with Gasteiger partial charge in [0.2, 0.25) is 0 Å². The highest BCUT2D eigenvalue weighted by molar-refractivity contribution is 7.79. The first kappa shape index (κ1) is 7.11. The van der Waals surface area contributed by atoms with Crippen LogP contribution in [0.5, 0.6) is 0 Å². The Kier molecular flexibility index (Phi) is 3.21. The molecule has 0 aliphatic heterocycles. The monoisotopic (exact) mass is 122 g/mol. The molecular weight excluding hydrogens is 112 g/mol. The van der Waals surface area contributed by atoms with Crippen LogP contribution < -0.4 is 0 Å². The Labute approximate surface area is 46.2 Å². The van der Waals surface area contributed by atoms with Crippen molar-refractivity contribution in [2.45, 2.75) is 25.5 Å². The Morgan fingerprint density at radius 1 is 1.86 bits per heavy atom. The molecule has 0 radical (unpaired) electrons. The van der Waals surface area contributed by atoms with Crippen molar-refractivity contribution in [1.82, 2.24) is 0 Å². The maximum atomic E-state index is 10.0. The standard InChI is InChI=1S/C4H10O2S/c1-3-4(2)7(5)6/h4H,3H2,1-2H3,(H,5,6)/t4-/m1/s1. The first-order chi connectivity index (χ1) is 3.18. The van der Waals surface area contributed by atoms with Crippen LogP contribution in [0.2, 0.25) is 0 Å². The SMILES string of the molecule is CC[C@@H](C)S(=O)O. The smallest absolute Gasteiger partial charge is 0.155 e. The van der Waals surface area contributed by atoms with Gasteiger partial charge in [0, 0.05) is 0 Å². The van der Waals surface area contributed by atoms with Crippen LogP contribution in [0.4, 0.5) is 0 Å². The van der Waals surface area contributed by atoms with Crippen molar-refractivity contribution in [1.29, 1.82) is 0 Å². The maximum absolute atomic E-state index is 10.0. The van der Waals surface area contributed by atoms with E-state index in [0.717, 1.165) is 6.42 Å². The lowest BCUT2D eigenvalue weighted by Gasteiger charge is -1.97. The summed E-state index contributed by atoms with van der Waals surface area (Å²) in [6.07, 6.45) is 0.767. The molecule has 2 nitrogen and oxygen atoms in total. The van der Waals surface area contributed by atoms with Gasteiger partial charge in [0.05, 0.1) is 5.25 Å². The zero-order valence-corrected chi connectivity index (χ0v) is 5.36. The van der Waals surface area contributed by atoms with Gasteiger partial charge in [-0.2, -0.15) is 0 Å². The van der Waals surface area contributed by atoms with Gasteiger partial charge in [-0.3, -0.25) is 0 Å². The van der Waals surface area contributed by atoms with Crippen LogP contribution in [0, 0.1) is 0 Å². The molecule has 7 heavy (non-hydrogen) atoms. The molecular formula is C4H10O2S. The summed E-state index contributed by atoms with van der Waals surface area (Å²) in [7, 11) is 0. The Hall–Kier alpha value is 0.110. The predicted molar refractivity (Wildman–Crippen MR) is 30.5 cm³/mol. The van der Waals surface area contributed by atoms with Crippen LogP contribution in [0.3, 0.4) is 0 Å². The molecule has 1 N–H and O–H groups in total. The highest BCUT2D eigenvalue weighted by atomic mass is 32.2. The van der Waals surface area contributed by atoms with Crippen molar-refractivity contribution in [2.24, 2.45) is 0 Å². The lowest BCUT2D eigenvalue weighted by molar-refractivity contribution is 0.549. The highest BCUT2D eigenvalue weighted by Crippen LogP contribution is 1.94. The van der Waals surface area contributed by atoms with Gasteiger partial charge in [0.25, 0.3) is 0 Å². The van der Waals surface area contributed by atoms with Gasteiger partial charge in [0.15, 0.2) is 11.1 Å². The van der Waals surface area contributed by atoms with Crippen molar-refractivity contribution >= 4 is 11.1 Å². The third kappa shape index (κ3) is 2.76. The molecule has 0 spiro atoms. The summed E-state index contributed by atoms with van der Waals surface area (Å²) in [6, 6.07) is 0. The van der Waals surface area contributed by atoms with Crippen molar-refractivity contribution < 1.29 is 8.76 Å². The van der Waals surface area contributed by atoms with Crippen LogP contribution in [0.1, 0.15) is 20.3 Å². The quantitative estimate of drug-likeness (QED) is 0.555. The molecule has 0 aromatic rings. The van der Waals surface area contributed by atoms with E-state index in [1.54, 1.807) is 6.92 Å². The Morgan fingerprint density at radius 3 is 2.29 bits per heavy atom. The van der Waals surface area contributed by atoms with Crippen LogP contribution in [-0.2, 0) is 11.1 Å². The Balaban J connectivity index is 3.34. The normalized spacial score (nSPS) is 18.7. The summed E-state index contributed by atoms with van der Waals surface area (Å²) >= 11 is -1.61. The fraction of sp³-hybridized carbons (Fsp3) is 1.00. The molecule has 44 valence electrons. The van der Waals surface area contributed by atoms with Crippen LogP contribution in [0.15, 0.2) is 0 Å². The van der Waals surface area contributed by atoms with E-state index in [0.29, 0.717) is 0 Å². The maximum Gasteiger partial charge on any atom is 0.155 e. The van der Waals surface area contributed by atoms with Gasteiger partial charge in [-0.25, -0.2) is 4.21 Å². The first-order valence-electron chi connectivity index (χ1n) is 2.28. The molecule has 0 aliphatic rings. The molecule has 0 bridgehead atoms. The molecule has 0 fully saturated rings. The average molecular weight is 122 g/mol. The number of rotatable bonds is 2. The minimum Gasteiger partial charge on any atom is -0.306 e. The van der Waals surface area contributed by atoms with E-state index < -0.39 is 11.1 Å². The second-order valence-electron chi connectivity index (χ2n) is 1.50. The summed E-state index contributed by atoms with van der Waals surface area (Å²) in [6.45, 7) is 3.63. The summed E-state index contributed by atoms with van der Waals surface area (Å²) in [5.74, 6) is 0. The number of hydrogen-bond acceptors (Lipinski definition) is 1. The summed E-state index contributed by atoms with van der Waals surface area (Å²) in [5, 5.41) is -0.0694. The predicted octanol–water partition coefficient (Wildman–Crippen LogP) is 1.01. The van der Waals surface area contributed by atoms with Crippen molar-refractivity contribution in [3.8, 4) is 0 Å². The topological polar surface area (TPSA) is 37.3 Å². The van der Waals surface area contributed by atoms with Gasteiger partial charge >= 0.3 is 0 Å². The van der Waals surface area contributed by atoms with Crippen molar-refractivity contribution in [2.75, 3.05) is 0 Å². The van der Waals surface area contributed by atoms with E-state index in [1.807, 2.05) is 6.92 Å². The molecule has 0 aromatic heterocycles. The van der Waals surface area contributed by atoms with E-state index in [4.69, 9.17) is 4.55 Å². The van der Waals surface area contributed by atoms with Crippen LogP contribution in [0.25, 0.3) is 0 Å². The minimum absolute atomic E-state index is 0.0694. The zero-order chi connectivity index (χ0) is 5.86. The molecule has 0 amide bonds.